The molecule has 5 rings (SSSR count). The molecular formula is C18H18N6O. The van der Waals surface area contributed by atoms with Gasteiger partial charge in [-0.25, -0.2) is 0 Å². The summed E-state index contributed by atoms with van der Waals surface area (Å²) in [5.74, 6) is 0.701. The molecule has 0 spiro atoms. The summed E-state index contributed by atoms with van der Waals surface area (Å²) in [5.41, 5.74) is 4.41. The second-order valence-corrected chi connectivity index (χ2v) is 6.42. The molecule has 4 aromatic rings. The van der Waals surface area contributed by atoms with Crippen molar-refractivity contribution in [3.8, 4) is 0 Å². The van der Waals surface area contributed by atoms with Gasteiger partial charge < -0.3 is 9.84 Å². The van der Waals surface area contributed by atoms with E-state index in [0.717, 1.165) is 53.0 Å². The number of nitrogens with one attached hydrogen (secondary N) is 2. The molecule has 1 saturated heterocycles. The molecule has 0 aliphatic carbocycles. The fourth-order valence-electron chi connectivity index (χ4n) is 3.41. The number of aromatic amines is 1. The number of aromatic nitrogens is 4. The predicted octanol–water partition coefficient (Wildman–Crippen LogP) is 3.44. The summed E-state index contributed by atoms with van der Waals surface area (Å²) in [4.78, 5) is 6.79. The van der Waals surface area contributed by atoms with Crippen LogP contribution < -0.4 is 5.32 Å². The molecule has 0 atom stereocenters. The Morgan fingerprint density at radius 2 is 2.12 bits per heavy atom. The van der Waals surface area contributed by atoms with Crippen LogP contribution in [-0.2, 0) is 6.54 Å². The number of rotatable bonds is 4. The molecule has 7 heteroatoms. The molecule has 0 unspecified atom stereocenters. The molecule has 4 heterocycles. The van der Waals surface area contributed by atoms with E-state index in [1.807, 2.05) is 24.3 Å². The lowest BCUT2D eigenvalue weighted by Gasteiger charge is -2.11. The van der Waals surface area contributed by atoms with Crippen LogP contribution in [0.1, 0.15) is 18.5 Å². The second kappa shape index (κ2) is 5.86. The van der Waals surface area contributed by atoms with Crippen LogP contribution in [0.4, 0.5) is 11.5 Å². The molecule has 2 N–H and O–H groups in total. The topological polar surface area (TPSA) is 82.9 Å². The van der Waals surface area contributed by atoms with Crippen LogP contribution in [-0.4, -0.2) is 38.3 Å². The molecule has 25 heavy (non-hydrogen) atoms. The van der Waals surface area contributed by atoms with E-state index in [1.54, 1.807) is 6.20 Å². The van der Waals surface area contributed by atoms with Gasteiger partial charge in [0, 0.05) is 29.9 Å². The van der Waals surface area contributed by atoms with E-state index in [2.05, 4.69) is 36.6 Å². The Bertz CT molecular complexity index is 1030. The molecule has 3 aromatic heterocycles. The summed E-state index contributed by atoms with van der Waals surface area (Å²) in [6.45, 7) is 3.15. The summed E-state index contributed by atoms with van der Waals surface area (Å²) < 4.78 is 5.55. The van der Waals surface area contributed by atoms with Crippen molar-refractivity contribution in [3.63, 3.8) is 0 Å². The molecule has 0 amide bonds. The number of likely N-dealkylation sites (tertiary alicyclic amines) is 1. The lowest BCUT2D eigenvalue weighted by Crippen LogP contribution is -2.18. The summed E-state index contributed by atoms with van der Waals surface area (Å²) in [6.07, 6.45) is 4.30. The second-order valence-electron chi connectivity index (χ2n) is 6.42. The maximum absolute atomic E-state index is 5.55. The molecule has 0 bridgehead atoms. The van der Waals surface area contributed by atoms with Gasteiger partial charge in [-0.3, -0.25) is 15.0 Å². The Balaban J connectivity index is 1.43. The number of nitrogens with zero attached hydrogens (tertiary/aromatic N) is 4. The van der Waals surface area contributed by atoms with E-state index in [-0.39, 0.29) is 0 Å². The lowest BCUT2D eigenvalue weighted by atomic mass is 10.2. The van der Waals surface area contributed by atoms with Crippen molar-refractivity contribution < 1.29 is 4.52 Å². The summed E-state index contributed by atoms with van der Waals surface area (Å²) in [7, 11) is 0. The first-order chi connectivity index (χ1) is 12.4. The number of H-pyrrole nitrogens is 1. The van der Waals surface area contributed by atoms with Gasteiger partial charge in [0.2, 0.25) is 0 Å². The number of benzene rings is 1. The van der Waals surface area contributed by atoms with E-state index in [9.17, 15) is 0 Å². The van der Waals surface area contributed by atoms with Crippen LogP contribution in [0.2, 0.25) is 0 Å². The highest BCUT2D eigenvalue weighted by atomic mass is 16.5. The van der Waals surface area contributed by atoms with E-state index in [0.29, 0.717) is 5.82 Å². The minimum Gasteiger partial charge on any atom is -0.356 e. The number of hydrogen-bond donors (Lipinski definition) is 2. The van der Waals surface area contributed by atoms with Gasteiger partial charge in [0.15, 0.2) is 11.4 Å². The van der Waals surface area contributed by atoms with Crippen molar-refractivity contribution in [2.45, 2.75) is 19.4 Å². The maximum atomic E-state index is 5.55. The lowest BCUT2D eigenvalue weighted by molar-refractivity contribution is 0.317. The number of hydrogen-bond acceptors (Lipinski definition) is 6. The summed E-state index contributed by atoms with van der Waals surface area (Å²) >= 11 is 0. The monoisotopic (exact) mass is 334 g/mol. The zero-order valence-corrected chi connectivity index (χ0v) is 13.7. The van der Waals surface area contributed by atoms with E-state index >= 15 is 0 Å². The third kappa shape index (κ3) is 2.62. The largest absolute Gasteiger partial charge is 0.356 e. The molecular weight excluding hydrogens is 316 g/mol. The Labute approximate surface area is 144 Å². The van der Waals surface area contributed by atoms with Crippen LogP contribution in [0, 0.1) is 0 Å². The highest BCUT2D eigenvalue weighted by Gasteiger charge is 2.16. The van der Waals surface area contributed by atoms with Crippen molar-refractivity contribution >= 4 is 33.5 Å². The van der Waals surface area contributed by atoms with E-state index < -0.39 is 0 Å². The SMILES string of the molecule is c1cnc2c(Nc3ccc4c(CN5CCCC5)noc4c3)n[nH]c2c1. The highest BCUT2D eigenvalue weighted by Crippen LogP contribution is 2.27. The van der Waals surface area contributed by atoms with Gasteiger partial charge in [-0.15, -0.1) is 0 Å². The molecule has 1 aliphatic heterocycles. The van der Waals surface area contributed by atoms with Gasteiger partial charge in [-0.1, -0.05) is 5.16 Å². The van der Waals surface area contributed by atoms with Crippen molar-refractivity contribution in [1.82, 2.24) is 25.2 Å². The minimum absolute atomic E-state index is 0.701. The normalized spacial score (nSPS) is 15.4. The predicted molar refractivity (Wildman–Crippen MR) is 95.7 cm³/mol. The minimum atomic E-state index is 0.701. The fraction of sp³-hybridized carbons (Fsp3) is 0.278. The quantitative estimate of drug-likeness (QED) is 0.595. The van der Waals surface area contributed by atoms with Crippen molar-refractivity contribution in [2.24, 2.45) is 0 Å². The van der Waals surface area contributed by atoms with Crippen molar-refractivity contribution in [3.05, 3.63) is 42.2 Å². The Hall–Kier alpha value is -2.93. The highest BCUT2D eigenvalue weighted by molar-refractivity contribution is 5.89. The Morgan fingerprint density at radius 3 is 3.04 bits per heavy atom. The molecule has 7 nitrogen and oxygen atoms in total. The maximum Gasteiger partial charge on any atom is 0.178 e. The van der Waals surface area contributed by atoms with Crippen LogP contribution in [0.5, 0.6) is 0 Å². The third-order valence-electron chi connectivity index (χ3n) is 4.70. The average molecular weight is 334 g/mol. The van der Waals surface area contributed by atoms with Crippen LogP contribution >= 0.6 is 0 Å². The van der Waals surface area contributed by atoms with Crippen LogP contribution in [0.25, 0.3) is 22.0 Å². The molecule has 126 valence electrons. The Kier molecular flexibility index (Phi) is 3.38. The average Bonchev–Trinajstić information content (AvgIpc) is 3.37. The smallest absolute Gasteiger partial charge is 0.178 e. The molecule has 1 fully saturated rings. The third-order valence-corrected chi connectivity index (χ3v) is 4.70. The van der Waals surface area contributed by atoms with Gasteiger partial charge in [-0.2, -0.15) is 5.10 Å². The first-order valence-electron chi connectivity index (χ1n) is 8.53. The summed E-state index contributed by atoms with van der Waals surface area (Å²) in [5, 5.41) is 15.9. The first kappa shape index (κ1) is 14.4. The van der Waals surface area contributed by atoms with Crippen LogP contribution in [0.15, 0.2) is 41.1 Å². The van der Waals surface area contributed by atoms with Crippen molar-refractivity contribution in [2.75, 3.05) is 18.4 Å². The van der Waals surface area contributed by atoms with Gasteiger partial charge in [-0.05, 0) is 50.2 Å². The number of pyridine rings is 1. The van der Waals surface area contributed by atoms with Gasteiger partial charge in [0.05, 0.1) is 5.52 Å². The van der Waals surface area contributed by atoms with E-state index in [4.69, 9.17) is 4.52 Å². The Morgan fingerprint density at radius 1 is 1.20 bits per heavy atom. The zero-order valence-electron chi connectivity index (χ0n) is 13.7. The van der Waals surface area contributed by atoms with Gasteiger partial charge in [0.25, 0.3) is 0 Å². The zero-order chi connectivity index (χ0) is 16.6. The molecule has 1 aromatic carbocycles. The molecule has 0 saturated carbocycles. The number of fused-ring (bicyclic) bond motifs is 2. The number of anilines is 2. The van der Waals surface area contributed by atoms with E-state index in [1.165, 1.54) is 12.8 Å². The van der Waals surface area contributed by atoms with Gasteiger partial charge >= 0.3 is 0 Å². The van der Waals surface area contributed by atoms with Gasteiger partial charge in [0.1, 0.15) is 11.2 Å². The first-order valence-corrected chi connectivity index (χ1v) is 8.53. The standard InChI is InChI=1S/C18H18N6O/c1-2-9-24(8-1)11-15-13-6-5-12(10-16(13)25-23-15)20-18-17-14(21-22-18)4-3-7-19-17/h3-7,10H,1-2,8-9,11H2,(H2,20,21,22). The molecule has 1 aliphatic rings. The molecule has 0 radical (unpaired) electrons. The van der Waals surface area contributed by atoms with Crippen molar-refractivity contribution in [1.29, 1.82) is 0 Å². The summed E-state index contributed by atoms with van der Waals surface area (Å²) in [6, 6.07) is 9.87. The fourth-order valence-corrected chi connectivity index (χ4v) is 3.41. The van der Waals surface area contributed by atoms with Crippen LogP contribution in [0.3, 0.4) is 0 Å².